The number of carbonyl (C=O) groups excluding carboxylic acids is 1. The first-order chi connectivity index (χ1) is 19.2. The predicted octanol–water partition coefficient (Wildman–Crippen LogP) is 5.29. The van der Waals surface area contributed by atoms with Crippen molar-refractivity contribution in [3.05, 3.63) is 65.1 Å². The third kappa shape index (κ3) is 6.51. The number of thioether (sulfide) groups is 1. The minimum Gasteiger partial charge on any atom is -0.497 e. The molecular weight excluding hydrogens is 548 g/mol. The summed E-state index contributed by atoms with van der Waals surface area (Å²) in [6.07, 6.45) is 1.08. The van der Waals surface area contributed by atoms with Gasteiger partial charge in [0.1, 0.15) is 17.7 Å². The molecule has 0 saturated carbocycles. The zero-order valence-corrected chi connectivity index (χ0v) is 22.9. The highest BCUT2D eigenvalue weighted by atomic mass is 32.2. The highest BCUT2D eigenvalue weighted by molar-refractivity contribution is 7.99. The van der Waals surface area contributed by atoms with Gasteiger partial charge in [-0.25, -0.2) is 23.0 Å². The summed E-state index contributed by atoms with van der Waals surface area (Å²) in [6, 6.07) is 6.68. The fourth-order valence-electron chi connectivity index (χ4n) is 5.28. The zero-order chi connectivity index (χ0) is 28.9. The number of alkyl halides is 1. The lowest BCUT2D eigenvalue weighted by molar-refractivity contribution is -0.143. The number of nitrogens with two attached hydrogens (primary N) is 1. The Morgan fingerprint density at radius 1 is 1.25 bits per heavy atom. The van der Waals surface area contributed by atoms with Gasteiger partial charge in [-0.1, -0.05) is 0 Å². The van der Waals surface area contributed by atoms with Crippen LogP contribution in [0.25, 0.3) is 10.9 Å². The lowest BCUT2D eigenvalue weighted by Gasteiger charge is -2.40. The van der Waals surface area contributed by atoms with E-state index in [9.17, 15) is 23.2 Å². The Hall–Kier alpha value is -2.93. The average molecular weight is 581 g/mol. The summed E-state index contributed by atoms with van der Waals surface area (Å²) in [5.74, 6) is -2.78. The highest BCUT2D eigenvalue weighted by Gasteiger charge is 2.41. The SMILES string of the molecule is COc1ccc2ncc(CN)c([C@H](F)CCC3(C(=O)NO)CCN(CCSc4cc(F)cc(F)c4F)CC3)c2c1. The van der Waals surface area contributed by atoms with Crippen molar-refractivity contribution >= 4 is 28.6 Å². The van der Waals surface area contributed by atoms with Gasteiger partial charge in [-0.2, -0.15) is 0 Å². The number of fused-ring (bicyclic) bond motifs is 1. The van der Waals surface area contributed by atoms with Gasteiger partial charge in [0.05, 0.1) is 18.0 Å². The van der Waals surface area contributed by atoms with Crippen molar-refractivity contribution in [1.29, 1.82) is 0 Å². The number of rotatable bonds is 11. The van der Waals surface area contributed by atoms with Crippen LogP contribution in [0.1, 0.15) is 43.0 Å². The van der Waals surface area contributed by atoms with Crippen LogP contribution >= 0.6 is 11.8 Å². The fraction of sp³-hybridized carbons (Fsp3) is 0.429. The lowest BCUT2D eigenvalue weighted by atomic mass is 9.73. The molecule has 40 heavy (non-hydrogen) atoms. The molecule has 0 spiro atoms. The van der Waals surface area contributed by atoms with Crippen LogP contribution in [-0.4, -0.2) is 53.5 Å². The van der Waals surface area contributed by atoms with E-state index >= 15 is 4.39 Å². The van der Waals surface area contributed by atoms with E-state index in [1.807, 2.05) is 4.90 Å². The molecule has 7 nitrogen and oxygen atoms in total. The van der Waals surface area contributed by atoms with Crippen molar-refractivity contribution in [1.82, 2.24) is 15.4 Å². The number of hydroxylamine groups is 1. The molecule has 1 saturated heterocycles. The average Bonchev–Trinajstić information content (AvgIpc) is 2.97. The molecule has 1 aliphatic heterocycles. The van der Waals surface area contributed by atoms with Crippen LogP contribution < -0.4 is 16.0 Å². The summed E-state index contributed by atoms with van der Waals surface area (Å²) in [4.78, 5) is 19.1. The van der Waals surface area contributed by atoms with Crippen molar-refractivity contribution in [3.63, 3.8) is 0 Å². The number of benzene rings is 2. The van der Waals surface area contributed by atoms with E-state index in [2.05, 4.69) is 4.98 Å². The number of nitrogens with zero attached hydrogens (tertiary/aromatic N) is 2. The Morgan fingerprint density at radius 3 is 2.67 bits per heavy atom. The maximum absolute atomic E-state index is 15.9. The molecule has 216 valence electrons. The second-order valence-electron chi connectivity index (χ2n) is 9.90. The molecule has 12 heteroatoms. The number of ether oxygens (including phenoxy) is 1. The summed E-state index contributed by atoms with van der Waals surface area (Å²) >= 11 is 1.01. The van der Waals surface area contributed by atoms with Gasteiger partial charge in [0.15, 0.2) is 11.6 Å². The number of methoxy groups -OCH3 is 1. The number of hydrogen-bond donors (Lipinski definition) is 3. The second kappa shape index (κ2) is 13.2. The van der Waals surface area contributed by atoms with E-state index in [1.165, 1.54) is 7.11 Å². The molecule has 4 rings (SSSR count). The van der Waals surface area contributed by atoms with Crippen LogP contribution in [-0.2, 0) is 11.3 Å². The molecule has 3 aromatic rings. The number of amides is 1. The van der Waals surface area contributed by atoms with Gasteiger partial charge in [-0.3, -0.25) is 15.0 Å². The number of hydrogen-bond acceptors (Lipinski definition) is 7. The summed E-state index contributed by atoms with van der Waals surface area (Å²) < 4.78 is 62.1. The van der Waals surface area contributed by atoms with Crippen LogP contribution in [0.2, 0.25) is 0 Å². The van der Waals surface area contributed by atoms with Crippen LogP contribution in [0.5, 0.6) is 5.75 Å². The Bertz CT molecular complexity index is 1350. The first-order valence-corrected chi connectivity index (χ1v) is 13.9. The van der Waals surface area contributed by atoms with Crippen molar-refractivity contribution in [2.45, 2.75) is 43.3 Å². The molecule has 4 N–H and O–H groups in total. The van der Waals surface area contributed by atoms with E-state index in [-0.39, 0.29) is 24.3 Å². The maximum atomic E-state index is 15.9. The smallest absolute Gasteiger partial charge is 0.249 e. The minimum atomic E-state index is -1.43. The molecule has 1 fully saturated rings. The summed E-state index contributed by atoms with van der Waals surface area (Å²) in [5.41, 5.74) is 8.26. The van der Waals surface area contributed by atoms with Crippen LogP contribution in [0.3, 0.4) is 0 Å². The quantitative estimate of drug-likeness (QED) is 0.0932. The Kier molecular flexibility index (Phi) is 9.88. The van der Waals surface area contributed by atoms with Gasteiger partial charge in [0.2, 0.25) is 5.91 Å². The van der Waals surface area contributed by atoms with E-state index in [0.29, 0.717) is 72.1 Å². The van der Waals surface area contributed by atoms with Gasteiger partial charge >= 0.3 is 0 Å². The number of carbonyl (C=O) groups is 1. The fourth-order valence-corrected chi connectivity index (χ4v) is 6.27. The lowest BCUT2D eigenvalue weighted by Crippen LogP contribution is -2.48. The summed E-state index contributed by atoms with van der Waals surface area (Å²) in [7, 11) is 1.52. The highest BCUT2D eigenvalue weighted by Crippen LogP contribution is 2.41. The van der Waals surface area contributed by atoms with Crippen LogP contribution in [0.4, 0.5) is 17.6 Å². The van der Waals surface area contributed by atoms with Gasteiger partial charge in [0, 0.05) is 47.0 Å². The third-order valence-electron chi connectivity index (χ3n) is 7.63. The monoisotopic (exact) mass is 580 g/mol. The molecule has 0 aliphatic carbocycles. The number of likely N-dealkylation sites (tertiary alicyclic amines) is 1. The Balaban J connectivity index is 1.42. The van der Waals surface area contributed by atoms with Crippen molar-refractivity contribution in [2.75, 3.05) is 32.5 Å². The molecular formula is C28H32F4N4O3S. The molecule has 1 atom stereocenters. The van der Waals surface area contributed by atoms with E-state index in [1.54, 1.807) is 29.9 Å². The van der Waals surface area contributed by atoms with Crippen LogP contribution in [0, 0.1) is 22.9 Å². The molecule has 2 aromatic carbocycles. The number of pyridine rings is 1. The Morgan fingerprint density at radius 2 is 2.00 bits per heavy atom. The van der Waals surface area contributed by atoms with Gasteiger partial charge in [-0.05, 0) is 68.6 Å². The predicted molar refractivity (Wildman–Crippen MR) is 144 cm³/mol. The van der Waals surface area contributed by atoms with Crippen molar-refractivity contribution in [2.24, 2.45) is 11.1 Å². The molecule has 1 aliphatic rings. The Labute approximate surface area is 234 Å². The molecule has 1 aromatic heterocycles. The van der Waals surface area contributed by atoms with Crippen molar-refractivity contribution < 1.29 is 32.3 Å². The minimum absolute atomic E-state index is 0.0248. The van der Waals surface area contributed by atoms with E-state index in [0.717, 1.165) is 17.8 Å². The van der Waals surface area contributed by atoms with E-state index in [4.69, 9.17) is 10.5 Å². The molecule has 0 bridgehead atoms. The zero-order valence-electron chi connectivity index (χ0n) is 22.1. The van der Waals surface area contributed by atoms with Gasteiger partial charge in [0.25, 0.3) is 0 Å². The van der Waals surface area contributed by atoms with Crippen LogP contribution in [0.15, 0.2) is 41.4 Å². The van der Waals surface area contributed by atoms with Crippen molar-refractivity contribution in [3.8, 4) is 5.75 Å². The molecule has 0 radical (unpaired) electrons. The maximum Gasteiger partial charge on any atom is 0.249 e. The molecule has 0 unspecified atom stereocenters. The number of halogens is 4. The standard InChI is InChI=1S/C28H32F4N4O3S/c1-39-19-2-3-23-20(14-19)25(17(15-33)16-34-23)21(30)4-5-28(27(37)35-38)6-8-36(9-7-28)10-11-40-24-13-18(29)12-22(31)26(24)32/h2-3,12-14,16,21,38H,4-11,15,33H2,1H3,(H,35,37)/t21-/m1/s1. The largest absolute Gasteiger partial charge is 0.497 e. The molecule has 2 heterocycles. The number of nitrogens with one attached hydrogen (secondary N) is 1. The number of aromatic nitrogens is 1. The molecule has 1 amide bonds. The number of piperidine rings is 1. The third-order valence-corrected chi connectivity index (χ3v) is 8.62. The summed E-state index contributed by atoms with van der Waals surface area (Å²) in [6.45, 7) is 1.55. The van der Waals surface area contributed by atoms with E-state index < -0.39 is 34.9 Å². The van der Waals surface area contributed by atoms with Gasteiger partial charge in [-0.15, -0.1) is 11.8 Å². The normalized spacial score (nSPS) is 16.2. The first kappa shape index (κ1) is 30.0. The second-order valence-corrected chi connectivity index (χ2v) is 11.0. The summed E-state index contributed by atoms with van der Waals surface area (Å²) in [5, 5.41) is 10.1. The van der Waals surface area contributed by atoms with Gasteiger partial charge < -0.3 is 15.4 Å². The first-order valence-electron chi connectivity index (χ1n) is 12.9. The topological polar surface area (TPSA) is 101 Å².